The van der Waals surface area contributed by atoms with Crippen molar-refractivity contribution in [3.05, 3.63) is 39.9 Å². The second kappa shape index (κ2) is 6.47. The number of amides is 1. The molecule has 0 aromatic heterocycles. The molecule has 20 heavy (non-hydrogen) atoms. The Bertz CT molecular complexity index is 498. The van der Waals surface area contributed by atoms with Crippen molar-refractivity contribution >= 4 is 11.6 Å². The fourth-order valence-electron chi connectivity index (χ4n) is 2.65. The van der Waals surface area contributed by atoms with Gasteiger partial charge in [0.2, 0.25) is 5.91 Å². The number of rotatable bonds is 5. The van der Waals surface area contributed by atoms with E-state index < -0.39 is 4.92 Å². The lowest BCUT2D eigenvalue weighted by molar-refractivity contribution is -0.385. The molecule has 0 saturated carbocycles. The van der Waals surface area contributed by atoms with Gasteiger partial charge >= 0.3 is 0 Å². The van der Waals surface area contributed by atoms with Crippen LogP contribution in [0.3, 0.4) is 0 Å². The molecule has 0 bridgehead atoms. The van der Waals surface area contributed by atoms with E-state index >= 15 is 0 Å². The molecule has 6 heteroatoms. The first kappa shape index (κ1) is 14.5. The van der Waals surface area contributed by atoms with Gasteiger partial charge in [-0.2, -0.15) is 0 Å². The average Bonchev–Trinajstić information content (AvgIpc) is 2.94. The number of carbonyl (C=O) groups is 1. The van der Waals surface area contributed by atoms with Crippen LogP contribution in [0.25, 0.3) is 0 Å². The van der Waals surface area contributed by atoms with Crippen LogP contribution < -0.4 is 5.32 Å². The number of carbonyl (C=O) groups excluding carboxylic acids is 1. The smallest absolute Gasteiger partial charge is 0.273 e. The number of nitrogens with one attached hydrogen (secondary N) is 1. The van der Waals surface area contributed by atoms with Gasteiger partial charge in [-0.1, -0.05) is 18.2 Å². The number of likely N-dealkylation sites (N-methyl/N-ethyl adjacent to an activating group) is 1. The largest absolute Gasteiger partial charge is 0.338 e. The molecular weight excluding hydrogens is 258 g/mol. The summed E-state index contributed by atoms with van der Waals surface area (Å²) in [5.74, 6) is -0.0458. The van der Waals surface area contributed by atoms with Crippen molar-refractivity contribution in [2.24, 2.45) is 0 Å². The molecule has 1 aromatic carbocycles. The Hall–Kier alpha value is -1.95. The third-order valence-electron chi connectivity index (χ3n) is 3.67. The minimum Gasteiger partial charge on any atom is -0.338 e. The number of para-hydroxylation sites is 1. The number of nitrogens with zero attached hydrogens (tertiary/aromatic N) is 2. The SMILES string of the molecule is CCN(C(=O)Cc1ccccc1[N+](=O)[O-])C1CCNC1. The van der Waals surface area contributed by atoms with Crippen molar-refractivity contribution < 1.29 is 9.72 Å². The highest BCUT2D eigenvalue weighted by Gasteiger charge is 2.26. The molecule has 1 aliphatic rings. The van der Waals surface area contributed by atoms with Crippen molar-refractivity contribution in [1.29, 1.82) is 0 Å². The summed E-state index contributed by atoms with van der Waals surface area (Å²) in [5, 5.41) is 14.2. The highest BCUT2D eigenvalue weighted by atomic mass is 16.6. The van der Waals surface area contributed by atoms with E-state index in [1.54, 1.807) is 18.2 Å². The fourth-order valence-corrected chi connectivity index (χ4v) is 2.65. The first-order chi connectivity index (χ1) is 9.63. The summed E-state index contributed by atoms with van der Waals surface area (Å²) in [4.78, 5) is 24.7. The maximum Gasteiger partial charge on any atom is 0.273 e. The van der Waals surface area contributed by atoms with Crippen molar-refractivity contribution in [3.8, 4) is 0 Å². The molecule has 1 aliphatic heterocycles. The van der Waals surface area contributed by atoms with E-state index in [2.05, 4.69) is 5.32 Å². The average molecular weight is 277 g/mol. The Balaban J connectivity index is 2.12. The Kier molecular flexibility index (Phi) is 4.68. The highest BCUT2D eigenvalue weighted by Crippen LogP contribution is 2.20. The molecule has 0 aliphatic carbocycles. The van der Waals surface area contributed by atoms with Gasteiger partial charge in [0.25, 0.3) is 5.69 Å². The zero-order valence-electron chi connectivity index (χ0n) is 11.5. The van der Waals surface area contributed by atoms with Crippen LogP contribution in [0, 0.1) is 10.1 Å². The molecular formula is C14H19N3O3. The minimum absolute atomic E-state index is 0.0152. The monoisotopic (exact) mass is 277 g/mol. The molecule has 1 heterocycles. The van der Waals surface area contributed by atoms with Crippen LogP contribution in [0.2, 0.25) is 0 Å². The van der Waals surface area contributed by atoms with Crippen LogP contribution in [0.4, 0.5) is 5.69 Å². The lowest BCUT2D eigenvalue weighted by atomic mass is 10.1. The zero-order valence-corrected chi connectivity index (χ0v) is 11.5. The van der Waals surface area contributed by atoms with Crippen LogP contribution in [0.15, 0.2) is 24.3 Å². The summed E-state index contributed by atoms with van der Waals surface area (Å²) in [6.45, 7) is 4.29. The maximum atomic E-state index is 12.4. The van der Waals surface area contributed by atoms with Gasteiger partial charge in [-0.3, -0.25) is 14.9 Å². The summed E-state index contributed by atoms with van der Waals surface area (Å²) in [6.07, 6.45) is 1.03. The number of hydrogen-bond acceptors (Lipinski definition) is 4. The Morgan fingerprint density at radius 2 is 2.25 bits per heavy atom. The van der Waals surface area contributed by atoms with Crippen molar-refractivity contribution in [2.75, 3.05) is 19.6 Å². The predicted molar refractivity (Wildman–Crippen MR) is 75.5 cm³/mol. The molecule has 0 spiro atoms. The van der Waals surface area contributed by atoms with E-state index in [0.29, 0.717) is 12.1 Å². The van der Waals surface area contributed by atoms with Crippen LogP contribution in [0.1, 0.15) is 18.9 Å². The lowest BCUT2D eigenvalue weighted by Gasteiger charge is -2.27. The molecule has 1 atom stereocenters. The van der Waals surface area contributed by atoms with Crippen LogP contribution >= 0.6 is 0 Å². The predicted octanol–water partition coefficient (Wildman–Crippen LogP) is 1.35. The molecule has 1 unspecified atom stereocenters. The minimum atomic E-state index is -0.435. The van der Waals surface area contributed by atoms with E-state index in [4.69, 9.17) is 0 Å². The topological polar surface area (TPSA) is 75.5 Å². The standard InChI is InChI=1S/C14H19N3O3/c1-2-16(12-7-8-15-10-12)14(18)9-11-5-3-4-6-13(11)17(19)20/h3-6,12,15H,2,7-10H2,1H3. The Morgan fingerprint density at radius 1 is 1.50 bits per heavy atom. The summed E-state index contributed by atoms with van der Waals surface area (Å²) < 4.78 is 0. The fraction of sp³-hybridized carbons (Fsp3) is 0.500. The first-order valence-corrected chi connectivity index (χ1v) is 6.86. The summed E-state index contributed by atoms with van der Waals surface area (Å²) >= 11 is 0. The van der Waals surface area contributed by atoms with Gasteiger partial charge in [-0.25, -0.2) is 0 Å². The molecule has 1 amide bonds. The van der Waals surface area contributed by atoms with Crippen molar-refractivity contribution in [2.45, 2.75) is 25.8 Å². The van der Waals surface area contributed by atoms with Crippen LogP contribution in [-0.2, 0) is 11.2 Å². The number of benzene rings is 1. The summed E-state index contributed by atoms with van der Waals surface area (Å²) in [7, 11) is 0. The molecule has 108 valence electrons. The second-order valence-corrected chi connectivity index (χ2v) is 4.89. The van der Waals surface area contributed by atoms with Crippen LogP contribution in [-0.4, -0.2) is 41.4 Å². The van der Waals surface area contributed by atoms with Gasteiger partial charge in [-0.05, 0) is 19.9 Å². The molecule has 1 saturated heterocycles. The van der Waals surface area contributed by atoms with E-state index in [-0.39, 0.29) is 24.1 Å². The van der Waals surface area contributed by atoms with Gasteiger partial charge < -0.3 is 10.2 Å². The summed E-state index contributed by atoms with van der Waals surface area (Å²) in [5.41, 5.74) is 0.494. The van der Waals surface area contributed by atoms with E-state index in [0.717, 1.165) is 19.5 Å². The molecule has 1 N–H and O–H groups in total. The first-order valence-electron chi connectivity index (χ1n) is 6.86. The third kappa shape index (κ3) is 3.14. The highest BCUT2D eigenvalue weighted by molar-refractivity contribution is 5.80. The molecule has 1 fully saturated rings. The Labute approximate surface area is 117 Å². The third-order valence-corrected chi connectivity index (χ3v) is 3.67. The van der Waals surface area contributed by atoms with E-state index in [1.807, 2.05) is 11.8 Å². The Morgan fingerprint density at radius 3 is 2.85 bits per heavy atom. The quantitative estimate of drug-likeness (QED) is 0.651. The zero-order chi connectivity index (χ0) is 14.5. The van der Waals surface area contributed by atoms with Gasteiger partial charge in [0, 0.05) is 30.8 Å². The van der Waals surface area contributed by atoms with Crippen LogP contribution in [0.5, 0.6) is 0 Å². The van der Waals surface area contributed by atoms with Crippen molar-refractivity contribution in [3.63, 3.8) is 0 Å². The lowest BCUT2D eigenvalue weighted by Crippen LogP contribution is -2.42. The van der Waals surface area contributed by atoms with Gasteiger partial charge in [0.05, 0.1) is 11.3 Å². The van der Waals surface area contributed by atoms with E-state index in [9.17, 15) is 14.9 Å². The maximum absolute atomic E-state index is 12.4. The number of nitro groups is 1. The molecule has 1 aromatic rings. The summed E-state index contributed by atoms with van der Waals surface area (Å²) in [6, 6.07) is 6.63. The molecule has 0 radical (unpaired) electrons. The molecule has 6 nitrogen and oxygen atoms in total. The van der Waals surface area contributed by atoms with Gasteiger partial charge in [0.15, 0.2) is 0 Å². The normalized spacial score (nSPS) is 17.9. The van der Waals surface area contributed by atoms with E-state index in [1.165, 1.54) is 6.07 Å². The van der Waals surface area contributed by atoms with Gasteiger partial charge in [0.1, 0.15) is 0 Å². The number of hydrogen-bond donors (Lipinski definition) is 1. The van der Waals surface area contributed by atoms with Crippen molar-refractivity contribution in [1.82, 2.24) is 10.2 Å². The second-order valence-electron chi connectivity index (χ2n) is 4.89. The molecule has 2 rings (SSSR count). The number of nitro benzene ring substituents is 1. The van der Waals surface area contributed by atoms with Gasteiger partial charge in [-0.15, -0.1) is 0 Å².